The molecular weight excluding hydrogens is 350 g/mol. The first-order chi connectivity index (χ1) is 12.8. The fraction of sp³-hybridized carbons (Fsp3) is 0.550. The fourth-order valence-electron chi connectivity index (χ4n) is 2.73. The predicted octanol–water partition coefficient (Wildman–Crippen LogP) is 2.61. The first kappa shape index (κ1) is 20.9. The van der Waals surface area contributed by atoms with Crippen LogP contribution in [0.25, 0.3) is 0 Å². The molecule has 7 nitrogen and oxygen atoms in total. The van der Waals surface area contributed by atoms with Crippen molar-refractivity contribution in [3.8, 4) is 5.75 Å². The third kappa shape index (κ3) is 5.29. The van der Waals surface area contributed by atoms with Crippen LogP contribution in [0.15, 0.2) is 18.2 Å². The molecule has 1 atom stereocenters. The van der Waals surface area contributed by atoms with Gasteiger partial charge in [0.15, 0.2) is 11.9 Å². The van der Waals surface area contributed by atoms with Crippen LogP contribution < -0.4 is 9.64 Å². The average molecular weight is 377 g/mol. The number of carbonyl (C=O) groups excluding carboxylic acids is 3. The lowest BCUT2D eigenvalue weighted by Gasteiger charge is -2.35. The van der Waals surface area contributed by atoms with Crippen molar-refractivity contribution >= 4 is 23.3 Å². The second kappa shape index (κ2) is 9.50. The molecule has 0 saturated carbocycles. The Bertz CT molecular complexity index is 700. The van der Waals surface area contributed by atoms with Crippen molar-refractivity contribution in [2.75, 3.05) is 31.3 Å². The van der Waals surface area contributed by atoms with Crippen LogP contribution in [0, 0.1) is 5.92 Å². The normalized spacial score (nSPS) is 16.1. The Morgan fingerprint density at radius 3 is 2.59 bits per heavy atom. The number of benzene rings is 1. The summed E-state index contributed by atoms with van der Waals surface area (Å²) >= 11 is 0. The molecule has 0 N–H and O–H groups in total. The third-order valence-corrected chi connectivity index (χ3v) is 4.15. The summed E-state index contributed by atoms with van der Waals surface area (Å²) in [5, 5.41) is 0. The standard InChI is InChI=1S/C20H27NO6/c1-5-8-25-9-10-26-18(23)12-21-16-11-15(14(4)22)6-7-17(16)27-19(13(2)3)20(21)24/h6-7,11,13,19H,5,8-10,12H2,1-4H3. The van der Waals surface area contributed by atoms with Crippen LogP contribution in [0.2, 0.25) is 0 Å². The number of Topliss-reactive ketones (excluding diaryl/α,β-unsaturated/α-hetero) is 1. The van der Waals surface area contributed by atoms with Gasteiger partial charge in [-0.1, -0.05) is 20.8 Å². The van der Waals surface area contributed by atoms with Crippen LogP contribution in [-0.4, -0.2) is 50.1 Å². The van der Waals surface area contributed by atoms with E-state index in [-0.39, 0.29) is 30.8 Å². The van der Waals surface area contributed by atoms with Gasteiger partial charge in [-0.3, -0.25) is 19.3 Å². The Balaban J connectivity index is 2.17. The molecule has 0 radical (unpaired) electrons. The first-order valence-corrected chi connectivity index (χ1v) is 9.21. The Morgan fingerprint density at radius 1 is 1.22 bits per heavy atom. The molecule has 27 heavy (non-hydrogen) atoms. The van der Waals surface area contributed by atoms with Crippen LogP contribution in [0.5, 0.6) is 5.75 Å². The molecule has 1 aromatic rings. The lowest BCUT2D eigenvalue weighted by atomic mass is 10.0. The highest BCUT2D eigenvalue weighted by Crippen LogP contribution is 2.36. The largest absolute Gasteiger partial charge is 0.478 e. The predicted molar refractivity (Wildman–Crippen MR) is 100 cm³/mol. The van der Waals surface area contributed by atoms with Gasteiger partial charge >= 0.3 is 5.97 Å². The van der Waals surface area contributed by atoms with Gasteiger partial charge in [-0.2, -0.15) is 0 Å². The van der Waals surface area contributed by atoms with E-state index in [1.165, 1.54) is 11.8 Å². The van der Waals surface area contributed by atoms with E-state index in [2.05, 4.69) is 0 Å². The molecule has 148 valence electrons. The topological polar surface area (TPSA) is 82.1 Å². The molecule has 1 aromatic carbocycles. The molecule has 2 rings (SSSR count). The summed E-state index contributed by atoms with van der Waals surface area (Å²) in [6.45, 7) is 8.00. The van der Waals surface area contributed by atoms with Crippen LogP contribution in [0.1, 0.15) is 44.5 Å². The van der Waals surface area contributed by atoms with Crippen molar-refractivity contribution in [2.45, 2.75) is 40.2 Å². The number of carbonyl (C=O) groups is 3. The molecule has 1 heterocycles. The summed E-state index contributed by atoms with van der Waals surface area (Å²) in [6, 6.07) is 4.88. The van der Waals surface area contributed by atoms with Crippen LogP contribution in [0.3, 0.4) is 0 Å². The van der Waals surface area contributed by atoms with E-state index in [9.17, 15) is 14.4 Å². The summed E-state index contributed by atoms with van der Waals surface area (Å²) in [4.78, 5) is 38.1. The zero-order chi connectivity index (χ0) is 20.0. The van der Waals surface area contributed by atoms with Gasteiger partial charge < -0.3 is 14.2 Å². The highest BCUT2D eigenvalue weighted by atomic mass is 16.6. The zero-order valence-corrected chi connectivity index (χ0v) is 16.3. The van der Waals surface area contributed by atoms with E-state index >= 15 is 0 Å². The molecule has 1 aliphatic rings. The van der Waals surface area contributed by atoms with Gasteiger partial charge in [0, 0.05) is 12.2 Å². The maximum atomic E-state index is 12.8. The van der Waals surface area contributed by atoms with Gasteiger partial charge in [0.2, 0.25) is 0 Å². The molecule has 0 saturated heterocycles. The van der Waals surface area contributed by atoms with Crippen LogP contribution >= 0.6 is 0 Å². The van der Waals surface area contributed by atoms with Crippen molar-refractivity contribution in [2.24, 2.45) is 5.92 Å². The van der Waals surface area contributed by atoms with Gasteiger partial charge in [0.1, 0.15) is 18.9 Å². The molecular formula is C20H27NO6. The third-order valence-electron chi connectivity index (χ3n) is 4.15. The molecule has 0 spiro atoms. The highest BCUT2D eigenvalue weighted by molar-refractivity contribution is 6.05. The molecule has 0 fully saturated rings. The number of anilines is 1. The number of esters is 1. The number of nitrogens with zero attached hydrogens (tertiary/aromatic N) is 1. The van der Waals surface area contributed by atoms with Crippen LogP contribution in [-0.2, 0) is 19.1 Å². The lowest BCUT2D eigenvalue weighted by Crippen LogP contribution is -2.50. The minimum Gasteiger partial charge on any atom is -0.478 e. The fourth-order valence-corrected chi connectivity index (χ4v) is 2.73. The van der Waals surface area contributed by atoms with Gasteiger partial charge in [0.25, 0.3) is 5.91 Å². The quantitative estimate of drug-likeness (QED) is 0.374. The lowest BCUT2D eigenvalue weighted by molar-refractivity contribution is -0.145. The number of ether oxygens (including phenoxy) is 3. The minimum atomic E-state index is -0.693. The summed E-state index contributed by atoms with van der Waals surface area (Å²) in [5.74, 6) is -0.590. The molecule has 0 aliphatic carbocycles. The molecule has 0 bridgehead atoms. The van der Waals surface area contributed by atoms with E-state index in [0.717, 1.165) is 6.42 Å². The van der Waals surface area contributed by atoms with Crippen LogP contribution in [0.4, 0.5) is 5.69 Å². The second-order valence-electron chi connectivity index (χ2n) is 6.78. The van der Waals surface area contributed by atoms with E-state index in [0.29, 0.717) is 30.2 Å². The molecule has 0 aromatic heterocycles. The molecule has 7 heteroatoms. The monoisotopic (exact) mass is 377 g/mol. The first-order valence-electron chi connectivity index (χ1n) is 9.21. The average Bonchev–Trinajstić information content (AvgIpc) is 2.62. The molecule has 1 unspecified atom stereocenters. The molecule has 1 aliphatic heterocycles. The Morgan fingerprint density at radius 2 is 1.96 bits per heavy atom. The Hall–Kier alpha value is -2.41. The van der Waals surface area contributed by atoms with Crippen molar-refractivity contribution < 1.29 is 28.6 Å². The second-order valence-corrected chi connectivity index (χ2v) is 6.78. The number of ketones is 1. The SMILES string of the molecule is CCCOCCOC(=O)CN1C(=O)C(C(C)C)Oc2ccc(C(C)=O)cc21. The summed E-state index contributed by atoms with van der Waals surface area (Å²) in [7, 11) is 0. The maximum absolute atomic E-state index is 12.8. The zero-order valence-electron chi connectivity index (χ0n) is 16.3. The number of rotatable bonds is 9. The van der Waals surface area contributed by atoms with E-state index in [1.807, 2.05) is 20.8 Å². The van der Waals surface area contributed by atoms with Crippen molar-refractivity contribution in [1.29, 1.82) is 0 Å². The van der Waals surface area contributed by atoms with Crippen molar-refractivity contribution in [3.63, 3.8) is 0 Å². The van der Waals surface area contributed by atoms with Gasteiger partial charge in [0.05, 0.1) is 12.3 Å². The number of amides is 1. The number of fused-ring (bicyclic) bond motifs is 1. The minimum absolute atomic E-state index is 0.0703. The van der Waals surface area contributed by atoms with Gasteiger partial charge in [-0.15, -0.1) is 0 Å². The molecule has 1 amide bonds. The van der Waals surface area contributed by atoms with Crippen molar-refractivity contribution in [1.82, 2.24) is 0 Å². The van der Waals surface area contributed by atoms with Crippen molar-refractivity contribution in [3.05, 3.63) is 23.8 Å². The Labute approximate surface area is 159 Å². The smallest absolute Gasteiger partial charge is 0.326 e. The maximum Gasteiger partial charge on any atom is 0.326 e. The number of hydrogen-bond donors (Lipinski definition) is 0. The van der Waals surface area contributed by atoms with E-state index < -0.39 is 12.1 Å². The Kier molecular flexibility index (Phi) is 7.36. The summed E-state index contributed by atoms with van der Waals surface area (Å²) in [6.07, 6.45) is 0.198. The van der Waals surface area contributed by atoms with Gasteiger partial charge in [-0.05, 0) is 37.5 Å². The highest BCUT2D eigenvalue weighted by Gasteiger charge is 2.37. The van der Waals surface area contributed by atoms with E-state index in [1.54, 1.807) is 18.2 Å². The van der Waals surface area contributed by atoms with E-state index in [4.69, 9.17) is 14.2 Å². The summed E-state index contributed by atoms with van der Waals surface area (Å²) < 4.78 is 16.2. The summed E-state index contributed by atoms with van der Waals surface area (Å²) in [5.41, 5.74) is 0.850. The van der Waals surface area contributed by atoms with Gasteiger partial charge in [-0.25, -0.2) is 0 Å². The number of hydrogen-bond acceptors (Lipinski definition) is 6.